The van der Waals surface area contributed by atoms with Gasteiger partial charge in [-0.15, -0.1) is 0 Å². The molecular formula is C15H14N2O3. The summed E-state index contributed by atoms with van der Waals surface area (Å²) < 4.78 is 1.18. The highest BCUT2D eigenvalue weighted by Crippen LogP contribution is 2.28. The van der Waals surface area contributed by atoms with Crippen LogP contribution in [0, 0.1) is 0 Å². The average molecular weight is 270 g/mol. The highest BCUT2D eigenvalue weighted by atomic mass is 16.2. The van der Waals surface area contributed by atoms with Crippen LogP contribution >= 0.6 is 0 Å². The Morgan fingerprint density at radius 1 is 1.20 bits per heavy atom. The zero-order valence-electron chi connectivity index (χ0n) is 11.1. The van der Waals surface area contributed by atoms with Crippen LogP contribution in [-0.4, -0.2) is 15.3 Å². The molecular weight excluding hydrogens is 256 g/mol. The molecule has 5 nitrogen and oxygen atoms in total. The lowest BCUT2D eigenvalue weighted by Crippen LogP contribution is -2.40. The van der Waals surface area contributed by atoms with Gasteiger partial charge in [0.15, 0.2) is 5.78 Å². The predicted molar refractivity (Wildman–Crippen MR) is 74.2 cm³/mol. The Morgan fingerprint density at radius 2 is 1.80 bits per heavy atom. The molecule has 0 atom stereocenters. The van der Waals surface area contributed by atoms with Crippen molar-refractivity contribution in [3.05, 3.63) is 68.0 Å². The van der Waals surface area contributed by atoms with Gasteiger partial charge in [-0.1, -0.05) is 24.3 Å². The molecule has 5 heteroatoms. The van der Waals surface area contributed by atoms with Crippen molar-refractivity contribution in [1.82, 2.24) is 9.55 Å². The molecule has 1 aromatic carbocycles. The summed E-state index contributed by atoms with van der Waals surface area (Å²) in [4.78, 5) is 38.1. The molecule has 2 aromatic rings. The van der Waals surface area contributed by atoms with E-state index >= 15 is 0 Å². The summed E-state index contributed by atoms with van der Waals surface area (Å²) in [5.41, 5.74) is 1.37. The third-order valence-electron chi connectivity index (χ3n) is 3.78. The van der Waals surface area contributed by atoms with E-state index in [1.165, 1.54) is 17.7 Å². The number of ketones is 1. The third-order valence-corrected chi connectivity index (χ3v) is 3.78. The van der Waals surface area contributed by atoms with Crippen LogP contribution in [0.15, 0.2) is 40.1 Å². The number of fused-ring (bicyclic) bond motifs is 1. The topological polar surface area (TPSA) is 71.9 Å². The van der Waals surface area contributed by atoms with Gasteiger partial charge in [-0.2, -0.15) is 0 Å². The minimum Gasteiger partial charge on any atom is -0.313 e. The van der Waals surface area contributed by atoms with Gasteiger partial charge < -0.3 is 4.98 Å². The van der Waals surface area contributed by atoms with Crippen LogP contribution in [-0.2, 0) is 12.8 Å². The molecule has 0 spiro atoms. The van der Waals surface area contributed by atoms with E-state index in [-0.39, 0.29) is 17.4 Å². The Morgan fingerprint density at radius 3 is 2.35 bits per heavy atom. The average Bonchev–Trinajstić information content (AvgIpc) is 2.81. The number of hydrogen-bond acceptors (Lipinski definition) is 3. The Balaban J connectivity index is 2.09. The van der Waals surface area contributed by atoms with Gasteiger partial charge in [0, 0.05) is 12.2 Å². The molecule has 0 aliphatic heterocycles. The molecule has 0 amide bonds. The Bertz CT molecular complexity index is 776. The van der Waals surface area contributed by atoms with Crippen molar-refractivity contribution < 1.29 is 4.79 Å². The summed E-state index contributed by atoms with van der Waals surface area (Å²) in [7, 11) is 0. The second kappa shape index (κ2) is 4.59. The quantitative estimate of drug-likeness (QED) is 0.830. The number of Topliss-reactive ketones (excluding diaryl/α,β-unsaturated/α-hetero) is 1. The van der Waals surface area contributed by atoms with Crippen molar-refractivity contribution in [2.45, 2.75) is 25.8 Å². The molecule has 0 saturated heterocycles. The first kappa shape index (κ1) is 12.6. The van der Waals surface area contributed by atoms with Crippen molar-refractivity contribution in [3.63, 3.8) is 0 Å². The zero-order chi connectivity index (χ0) is 14.3. The first-order valence-corrected chi connectivity index (χ1v) is 6.50. The van der Waals surface area contributed by atoms with Crippen molar-refractivity contribution in [1.29, 1.82) is 0 Å². The maximum Gasteiger partial charge on any atom is 0.328 e. The van der Waals surface area contributed by atoms with Crippen LogP contribution in [0.25, 0.3) is 0 Å². The fourth-order valence-corrected chi connectivity index (χ4v) is 2.79. The molecule has 0 saturated carbocycles. The molecule has 0 fully saturated rings. The smallest absolute Gasteiger partial charge is 0.313 e. The van der Waals surface area contributed by atoms with E-state index in [0.717, 1.165) is 11.1 Å². The Kier molecular flexibility index (Phi) is 2.89. The Hall–Kier alpha value is -2.43. The first-order chi connectivity index (χ1) is 9.58. The van der Waals surface area contributed by atoms with Crippen LogP contribution in [0.2, 0.25) is 0 Å². The fraction of sp³-hybridized carbons (Fsp3) is 0.267. The maximum atomic E-state index is 12.3. The molecule has 1 heterocycles. The summed E-state index contributed by atoms with van der Waals surface area (Å²) in [5, 5.41) is 0. The number of nitrogens with zero attached hydrogens (tertiary/aromatic N) is 1. The van der Waals surface area contributed by atoms with Gasteiger partial charge >= 0.3 is 5.69 Å². The molecule has 0 radical (unpaired) electrons. The van der Waals surface area contributed by atoms with Crippen molar-refractivity contribution in [3.8, 4) is 0 Å². The standard InChI is InChI=1S/C15H14N2O3/c1-9(18)13-8-16-15(20)17(14(13)19)12-6-10-4-2-3-5-11(10)7-12/h2-5,8,12H,6-7H2,1H3,(H,16,20). The molecule has 1 aliphatic carbocycles. The van der Waals surface area contributed by atoms with E-state index in [0.29, 0.717) is 12.8 Å². The summed E-state index contributed by atoms with van der Waals surface area (Å²) in [6.07, 6.45) is 2.48. The van der Waals surface area contributed by atoms with Crippen LogP contribution in [0.4, 0.5) is 0 Å². The predicted octanol–water partition coefficient (Wildman–Crippen LogP) is 1.08. The van der Waals surface area contributed by atoms with Gasteiger partial charge in [-0.05, 0) is 30.9 Å². The number of rotatable bonds is 2. The molecule has 1 aromatic heterocycles. The van der Waals surface area contributed by atoms with Crippen LogP contribution < -0.4 is 11.2 Å². The second-order valence-electron chi connectivity index (χ2n) is 5.07. The van der Waals surface area contributed by atoms with Gasteiger partial charge in [0.05, 0.1) is 5.56 Å². The Labute approximate surface area is 114 Å². The number of H-pyrrole nitrogens is 1. The largest absolute Gasteiger partial charge is 0.328 e. The van der Waals surface area contributed by atoms with Gasteiger partial charge in [0.1, 0.15) is 0 Å². The van der Waals surface area contributed by atoms with Crippen LogP contribution in [0.3, 0.4) is 0 Å². The summed E-state index contributed by atoms with van der Waals surface area (Å²) in [6.45, 7) is 1.32. The first-order valence-electron chi connectivity index (χ1n) is 6.50. The SMILES string of the molecule is CC(=O)c1c[nH]c(=O)n(C2Cc3ccccc3C2)c1=O. The maximum absolute atomic E-state index is 12.3. The number of hydrogen-bond donors (Lipinski definition) is 1. The lowest BCUT2D eigenvalue weighted by atomic mass is 10.1. The number of carbonyl (C=O) groups excluding carboxylic acids is 1. The molecule has 0 bridgehead atoms. The molecule has 1 aliphatic rings. The molecule has 0 unspecified atom stereocenters. The summed E-state index contributed by atoms with van der Waals surface area (Å²) in [5.74, 6) is -0.337. The molecule has 102 valence electrons. The van der Waals surface area contributed by atoms with E-state index in [1.807, 2.05) is 24.3 Å². The molecule has 1 N–H and O–H groups in total. The van der Waals surface area contributed by atoms with Crippen LogP contribution in [0.5, 0.6) is 0 Å². The van der Waals surface area contributed by atoms with Gasteiger partial charge in [-0.3, -0.25) is 14.2 Å². The molecule has 20 heavy (non-hydrogen) atoms. The van der Waals surface area contributed by atoms with Crippen molar-refractivity contribution in [2.75, 3.05) is 0 Å². The third kappa shape index (κ3) is 1.91. The highest BCUT2D eigenvalue weighted by Gasteiger charge is 2.26. The number of aromatic nitrogens is 2. The highest BCUT2D eigenvalue weighted by molar-refractivity contribution is 5.93. The zero-order valence-corrected chi connectivity index (χ0v) is 11.1. The van der Waals surface area contributed by atoms with Crippen molar-refractivity contribution in [2.24, 2.45) is 0 Å². The number of carbonyl (C=O) groups is 1. The minimum absolute atomic E-state index is 0.0283. The normalized spacial score (nSPS) is 14.2. The monoisotopic (exact) mass is 270 g/mol. The van der Waals surface area contributed by atoms with E-state index in [9.17, 15) is 14.4 Å². The van der Waals surface area contributed by atoms with Crippen LogP contribution in [0.1, 0.15) is 34.5 Å². The van der Waals surface area contributed by atoms with E-state index < -0.39 is 11.2 Å². The fourth-order valence-electron chi connectivity index (χ4n) is 2.79. The molecule has 3 rings (SSSR count). The van der Waals surface area contributed by atoms with E-state index in [4.69, 9.17) is 0 Å². The summed E-state index contributed by atoms with van der Waals surface area (Å²) >= 11 is 0. The van der Waals surface area contributed by atoms with E-state index in [1.54, 1.807) is 0 Å². The lowest BCUT2D eigenvalue weighted by Gasteiger charge is -2.12. The van der Waals surface area contributed by atoms with Crippen molar-refractivity contribution >= 4 is 5.78 Å². The number of nitrogens with one attached hydrogen (secondary N) is 1. The summed E-state index contributed by atoms with van der Waals surface area (Å²) in [6, 6.07) is 7.68. The van der Waals surface area contributed by atoms with Gasteiger partial charge in [0.25, 0.3) is 5.56 Å². The van der Waals surface area contributed by atoms with Gasteiger partial charge in [-0.25, -0.2) is 4.79 Å². The lowest BCUT2D eigenvalue weighted by molar-refractivity contribution is 0.101. The number of benzene rings is 1. The van der Waals surface area contributed by atoms with E-state index in [2.05, 4.69) is 4.98 Å². The number of aromatic amines is 1. The second-order valence-corrected chi connectivity index (χ2v) is 5.07. The minimum atomic E-state index is -0.501. The van der Waals surface area contributed by atoms with Gasteiger partial charge in [0.2, 0.25) is 0 Å².